The summed E-state index contributed by atoms with van der Waals surface area (Å²) in [6.45, 7) is 6.29. The first-order valence-corrected chi connectivity index (χ1v) is 7.34. The van der Waals surface area contributed by atoms with Crippen LogP contribution < -0.4 is 11.1 Å². The molecule has 1 fully saturated rings. The van der Waals surface area contributed by atoms with E-state index >= 15 is 0 Å². The van der Waals surface area contributed by atoms with Gasteiger partial charge >= 0.3 is 0 Å². The van der Waals surface area contributed by atoms with Crippen LogP contribution in [0, 0.1) is 5.92 Å². The van der Waals surface area contributed by atoms with E-state index in [1.165, 1.54) is 0 Å². The molecule has 1 amide bonds. The van der Waals surface area contributed by atoms with Gasteiger partial charge < -0.3 is 16.0 Å². The molecule has 0 saturated carbocycles. The van der Waals surface area contributed by atoms with E-state index in [1.54, 1.807) is 17.1 Å². The van der Waals surface area contributed by atoms with Crippen LogP contribution in [0.2, 0.25) is 0 Å². The van der Waals surface area contributed by atoms with Gasteiger partial charge in [0.25, 0.3) is 0 Å². The summed E-state index contributed by atoms with van der Waals surface area (Å²) in [5, 5.41) is 7.01. The van der Waals surface area contributed by atoms with Crippen LogP contribution in [0.3, 0.4) is 0 Å². The number of nitrogens with one attached hydrogen (secondary N) is 1. The van der Waals surface area contributed by atoms with Crippen LogP contribution in [0.15, 0.2) is 12.4 Å². The molecule has 1 aromatic rings. The van der Waals surface area contributed by atoms with E-state index in [4.69, 9.17) is 5.73 Å². The molecule has 6 nitrogen and oxygen atoms in total. The van der Waals surface area contributed by atoms with Gasteiger partial charge in [-0.25, -0.2) is 0 Å². The Morgan fingerprint density at radius 2 is 2.25 bits per heavy atom. The number of aryl methyl sites for hydroxylation is 1. The van der Waals surface area contributed by atoms with Crippen molar-refractivity contribution in [1.29, 1.82) is 0 Å². The summed E-state index contributed by atoms with van der Waals surface area (Å²) in [6, 6.07) is -0.626. The fraction of sp³-hybridized carbons (Fsp3) is 0.714. The summed E-state index contributed by atoms with van der Waals surface area (Å²) in [7, 11) is 1.82. The lowest BCUT2D eigenvalue weighted by Crippen LogP contribution is -2.41. The maximum atomic E-state index is 12.0. The summed E-state index contributed by atoms with van der Waals surface area (Å²) in [4.78, 5) is 14.5. The van der Waals surface area contributed by atoms with E-state index in [9.17, 15) is 4.79 Å². The normalized spacial score (nSPS) is 18.9. The largest absolute Gasteiger partial charge is 0.354 e. The van der Waals surface area contributed by atoms with E-state index in [0.717, 1.165) is 44.6 Å². The number of hydrogen-bond donors (Lipinski definition) is 2. The maximum Gasteiger partial charge on any atom is 0.241 e. The second-order valence-electron chi connectivity index (χ2n) is 5.55. The van der Waals surface area contributed by atoms with E-state index in [0.29, 0.717) is 5.92 Å². The molecule has 1 unspecified atom stereocenters. The minimum absolute atomic E-state index is 0.115. The number of carbonyl (C=O) groups is 1. The van der Waals surface area contributed by atoms with Crippen molar-refractivity contribution in [3.05, 3.63) is 18.0 Å². The van der Waals surface area contributed by atoms with E-state index < -0.39 is 6.04 Å². The summed E-state index contributed by atoms with van der Waals surface area (Å²) in [6.07, 6.45) is 5.72. The fourth-order valence-electron chi connectivity index (χ4n) is 2.61. The van der Waals surface area contributed by atoms with Gasteiger partial charge in [0.1, 0.15) is 6.04 Å². The van der Waals surface area contributed by atoms with Gasteiger partial charge in [-0.3, -0.25) is 9.48 Å². The molecule has 2 heterocycles. The Hall–Kier alpha value is -1.40. The molecule has 0 aromatic carbocycles. The van der Waals surface area contributed by atoms with Gasteiger partial charge in [-0.2, -0.15) is 5.10 Å². The summed E-state index contributed by atoms with van der Waals surface area (Å²) >= 11 is 0. The summed E-state index contributed by atoms with van der Waals surface area (Å²) < 4.78 is 1.66. The first kappa shape index (κ1) is 15.0. The zero-order valence-corrected chi connectivity index (χ0v) is 12.4. The van der Waals surface area contributed by atoms with Crippen molar-refractivity contribution in [2.75, 3.05) is 26.2 Å². The molecule has 0 spiro atoms. The highest BCUT2D eigenvalue weighted by atomic mass is 16.2. The second-order valence-corrected chi connectivity index (χ2v) is 5.55. The minimum Gasteiger partial charge on any atom is -0.354 e. The standard InChI is InChI=1S/C14H25N5O/c1-3-19-6-4-11(5-7-19)8-16-14(20)13(15)12-9-17-18(2)10-12/h9-11,13H,3-8,15H2,1-2H3,(H,16,20). The molecule has 0 radical (unpaired) electrons. The molecule has 1 saturated heterocycles. The molecule has 1 aromatic heterocycles. The van der Waals surface area contributed by atoms with Gasteiger partial charge in [-0.1, -0.05) is 6.92 Å². The molecule has 6 heteroatoms. The molecule has 0 bridgehead atoms. The molecule has 1 aliphatic heterocycles. The number of piperidine rings is 1. The molecule has 1 aliphatic rings. The van der Waals surface area contributed by atoms with Gasteiger partial charge in [-0.15, -0.1) is 0 Å². The number of hydrogen-bond acceptors (Lipinski definition) is 4. The fourth-order valence-corrected chi connectivity index (χ4v) is 2.61. The molecule has 1 atom stereocenters. The Labute approximate surface area is 120 Å². The van der Waals surface area contributed by atoms with Crippen molar-refractivity contribution >= 4 is 5.91 Å². The topological polar surface area (TPSA) is 76.2 Å². The van der Waals surface area contributed by atoms with Crippen molar-refractivity contribution in [3.63, 3.8) is 0 Å². The monoisotopic (exact) mass is 279 g/mol. The Kier molecular flexibility index (Phi) is 5.14. The first-order chi connectivity index (χ1) is 9.60. The molecule has 112 valence electrons. The van der Waals surface area contributed by atoms with Crippen LogP contribution in [0.1, 0.15) is 31.4 Å². The Morgan fingerprint density at radius 1 is 1.55 bits per heavy atom. The summed E-state index contributed by atoms with van der Waals surface area (Å²) in [5.74, 6) is 0.457. The highest BCUT2D eigenvalue weighted by Crippen LogP contribution is 2.16. The average molecular weight is 279 g/mol. The molecular weight excluding hydrogens is 254 g/mol. The van der Waals surface area contributed by atoms with E-state index in [-0.39, 0.29) is 5.91 Å². The number of likely N-dealkylation sites (tertiary alicyclic amines) is 1. The zero-order valence-electron chi connectivity index (χ0n) is 12.4. The smallest absolute Gasteiger partial charge is 0.241 e. The lowest BCUT2D eigenvalue weighted by Gasteiger charge is -2.31. The predicted octanol–water partition coefficient (Wildman–Crippen LogP) is 0.268. The quantitative estimate of drug-likeness (QED) is 0.811. The summed E-state index contributed by atoms with van der Waals surface area (Å²) in [5.41, 5.74) is 6.69. The third-order valence-electron chi connectivity index (χ3n) is 4.09. The van der Waals surface area contributed by atoms with Crippen LogP contribution in [-0.2, 0) is 11.8 Å². The van der Waals surface area contributed by atoms with Gasteiger partial charge in [-0.05, 0) is 38.4 Å². The molecule has 2 rings (SSSR count). The number of nitrogens with zero attached hydrogens (tertiary/aromatic N) is 3. The van der Waals surface area contributed by atoms with Gasteiger partial charge in [0.2, 0.25) is 5.91 Å². The lowest BCUT2D eigenvalue weighted by atomic mass is 9.96. The van der Waals surface area contributed by atoms with Crippen LogP contribution in [-0.4, -0.2) is 46.8 Å². The van der Waals surface area contributed by atoms with E-state index in [1.807, 2.05) is 7.05 Å². The third kappa shape index (κ3) is 3.80. The Morgan fingerprint density at radius 3 is 2.80 bits per heavy atom. The average Bonchev–Trinajstić information content (AvgIpc) is 2.91. The van der Waals surface area contributed by atoms with Crippen LogP contribution in [0.5, 0.6) is 0 Å². The zero-order chi connectivity index (χ0) is 14.5. The van der Waals surface area contributed by atoms with Gasteiger partial charge in [0.05, 0.1) is 6.20 Å². The van der Waals surface area contributed by atoms with Crippen LogP contribution in [0.25, 0.3) is 0 Å². The SMILES string of the molecule is CCN1CCC(CNC(=O)C(N)c2cnn(C)c2)CC1. The Balaban J connectivity index is 1.75. The number of aromatic nitrogens is 2. The second kappa shape index (κ2) is 6.85. The van der Waals surface area contributed by atoms with Gasteiger partial charge in [0, 0.05) is 25.4 Å². The minimum atomic E-state index is -0.626. The Bertz CT molecular complexity index is 437. The number of nitrogens with two attached hydrogens (primary N) is 1. The van der Waals surface area contributed by atoms with Crippen molar-refractivity contribution in [2.45, 2.75) is 25.8 Å². The van der Waals surface area contributed by atoms with Crippen LogP contribution in [0.4, 0.5) is 0 Å². The number of amides is 1. The number of carbonyl (C=O) groups excluding carboxylic acids is 1. The molecule has 20 heavy (non-hydrogen) atoms. The lowest BCUT2D eigenvalue weighted by molar-refractivity contribution is -0.122. The van der Waals surface area contributed by atoms with Crippen LogP contribution >= 0.6 is 0 Å². The highest BCUT2D eigenvalue weighted by molar-refractivity contribution is 5.82. The molecular formula is C14H25N5O. The maximum absolute atomic E-state index is 12.0. The number of rotatable bonds is 5. The van der Waals surface area contributed by atoms with Gasteiger partial charge in [0.15, 0.2) is 0 Å². The predicted molar refractivity (Wildman–Crippen MR) is 78.0 cm³/mol. The highest BCUT2D eigenvalue weighted by Gasteiger charge is 2.21. The molecule has 0 aliphatic carbocycles. The third-order valence-corrected chi connectivity index (χ3v) is 4.09. The first-order valence-electron chi connectivity index (χ1n) is 7.34. The van der Waals surface area contributed by atoms with Crippen molar-refractivity contribution < 1.29 is 4.79 Å². The van der Waals surface area contributed by atoms with E-state index in [2.05, 4.69) is 22.2 Å². The molecule has 3 N–H and O–H groups in total. The van der Waals surface area contributed by atoms with Crippen molar-refractivity contribution in [2.24, 2.45) is 18.7 Å². The van der Waals surface area contributed by atoms with Crippen molar-refractivity contribution in [3.8, 4) is 0 Å². The van der Waals surface area contributed by atoms with Crippen molar-refractivity contribution in [1.82, 2.24) is 20.0 Å².